The highest BCUT2D eigenvalue weighted by molar-refractivity contribution is 6.00. The summed E-state index contributed by atoms with van der Waals surface area (Å²) in [5.41, 5.74) is 1.29. The van der Waals surface area contributed by atoms with Crippen molar-refractivity contribution < 1.29 is 23.8 Å². The smallest absolute Gasteiger partial charge is 0.308 e. The van der Waals surface area contributed by atoms with Crippen molar-refractivity contribution in [3.63, 3.8) is 0 Å². The monoisotopic (exact) mass is 339 g/mol. The predicted octanol–water partition coefficient (Wildman–Crippen LogP) is 2.72. The van der Waals surface area contributed by atoms with Crippen LogP contribution in [0.3, 0.4) is 0 Å². The van der Waals surface area contributed by atoms with Gasteiger partial charge >= 0.3 is 5.97 Å². The van der Waals surface area contributed by atoms with Crippen molar-refractivity contribution in [3.8, 4) is 5.75 Å². The van der Waals surface area contributed by atoms with Gasteiger partial charge in [0.05, 0.1) is 13.0 Å². The van der Waals surface area contributed by atoms with Crippen LogP contribution >= 0.6 is 12.4 Å². The van der Waals surface area contributed by atoms with Crippen molar-refractivity contribution in [2.75, 3.05) is 20.2 Å². The van der Waals surface area contributed by atoms with E-state index in [-0.39, 0.29) is 30.6 Å². The van der Waals surface area contributed by atoms with E-state index in [9.17, 15) is 9.59 Å². The number of carboxylic acids is 1. The summed E-state index contributed by atoms with van der Waals surface area (Å²) < 4.78 is 11.0. The number of nitrogens with zero attached hydrogens (tertiary/aromatic N) is 1. The average molecular weight is 340 g/mol. The van der Waals surface area contributed by atoms with E-state index in [1.54, 1.807) is 13.2 Å². The minimum atomic E-state index is -0.863. The van der Waals surface area contributed by atoms with Gasteiger partial charge in [0.1, 0.15) is 0 Å². The van der Waals surface area contributed by atoms with E-state index < -0.39 is 11.9 Å². The molecular formula is C16H18ClNO5. The molecule has 0 spiro atoms. The Kier molecular flexibility index (Phi) is 4.85. The second kappa shape index (κ2) is 6.50. The van der Waals surface area contributed by atoms with Crippen molar-refractivity contribution in [1.82, 2.24) is 4.90 Å². The summed E-state index contributed by atoms with van der Waals surface area (Å²) in [7, 11) is 1.55. The van der Waals surface area contributed by atoms with Gasteiger partial charge in [0, 0.05) is 24.0 Å². The molecule has 23 heavy (non-hydrogen) atoms. The number of methoxy groups -OCH3 is 1. The highest BCUT2D eigenvalue weighted by Crippen LogP contribution is 2.33. The molecule has 1 unspecified atom stereocenters. The van der Waals surface area contributed by atoms with Gasteiger partial charge in [-0.25, -0.2) is 0 Å². The summed E-state index contributed by atoms with van der Waals surface area (Å²) >= 11 is 0. The van der Waals surface area contributed by atoms with E-state index in [4.69, 9.17) is 14.3 Å². The molecule has 1 N–H and O–H groups in total. The third-order valence-electron chi connectivity index (χ3n) is 4.17. The van der Waals surface area contributed by atoms with Crippen LogP contribution in [0.4, 0.5) is 0 Å². The highest BCUT2D eigenvalue weighted by Gasteiger charge is 2.33. The van der Waals surface area contributed by atoms with E-state index in [1.807, 2.05) is 19.1 Å². The van der Waals surface area contributed by atoms with Gasteiger partial charge in [-0.3, -0.25) is 9.59 Å². The summed E-state index contributed by atoms with van der Waals surface area (Å²) in [5.74, 6) is -0.795. The Morgan fingerprint density at radius 2 is 2.13 bits per heavy atom. The quantitative estimate of drug-likeness (QED) is 0.930. The molecular weight excluding hydrogens is 322 g/mol. The van der Waals surface area contributed by atoms with E-state index in [0.29, 0.717) is 24.3 Å². The Bertz CT molecular complexity index is 754. The van der Waals surface area contributed by atoms with Crippen molar-refractivity contribution >= 4 is 35.3 Å². The van der Waals surface area contributed by atoms with Gasteiger partial charge in [-0.2, -0.15) is 0 Å². The maximum absolute atomic E-state index is 12.6. The number of fused-ring (bicyclic) bond motifs is 1. The highest BCUT2D eigenvalue weighted by atomic mass is 35.5. The maximum Gasteiger partial charge on any atom is 0.308 e. The molecule has 1 aliphatic rings. The number of furan rings is 1. The second-order valence-electron chi connectivity index (χ2n) is 5.47. The molecule has 124 valence electrons. The van der Waals surface area contributed by atoms with Crippen LogP contribution in [0.5, 0.6) is 5.75 Å². The number of halogens is 1. The van der Waals surface area contributed by atoms with Gasteiger partial charge in [0.15, 0.2) is 17.1 Å². The lowest BCUT2D eigenvalue weighted by atomic mass is 10.1. The number of amides is 1. The predicted molar refractivity (Wildman–Crippen MR) is 86.4 cm³/mol. The summed E-state index contributed by atoms with van der Waals surface area (Å²) in [4.78, 5) is 25.2. The third-order valence-corrected chi connectivity index (χ3v) is 4.17. The second-order valence-corrected chi connectivity index (χ2v) is 5.47. The number of rotatable bonds is 3. The van der Waals surface area contributed by atoms with Crippen molar-refractivity contribution in [1.29, 1.82) is 0 Å². The van der Waals surface area contributed by atoms with Gasteiger partial charge in [-0.05, 0) is 19.4 Å². The first-order chi connectivity index (χ1) is 10.5. The number of carboxylic acid groups (broad SMARTS) is 1. The zero-order valence-corrected chi connectivity index (χ0v) is 13.7. The fourth-order valence-electron chi connectivity index (χ4n) is 2.87. The number of hydrogen-bond donors (Lipinski definition) is 1. The molecule has 1 fully saturated rings. The zero-order chi connectivity index (χ0) is 15.9. The summed E-state index contributed by atoms with van der Waals surface area (Å²) in [6.45, 7) is 2.48. The lowest BCUT2D eigenvalue weighted by Crippen LogP contribution is -2.30. The lowest BCUT2D eigenvalue weighted by molar-refractivity contribution is -0.141. The number of ether oxygens (including phenoxy) is 1. The topological polar surface area (TPSA) is 80.0 Å². The lowest BCUT2D eigenvalue weighted by Gasteiger charge is -2.14. The molecule has 0 saturated carbocycles. The average Bonchev–Trinajstić information content (AvgIpc) is 3.12. The van der Waals surface area contributed by atoms with Crippen LogP contribution in [0, 0.1) is 12.8 Å². The molecule has 6 nitrogen and oxygen atoms in total. The first-order valence-corrected chi connectivity index (χ1v) is 7.11. The van der Waals surface area contributed by atoms with Crippen LogP contribution in [0.1, 0.15) is 22.5 Å². The van der Waals surface area contributed by atoms with Crippen LogP contribution in [-0.2, 0) is 4.79 Å². The Morgan fingerprint density at radius 1 is 1.39 bits per heavy atom. The van der Waals surface area contributed by atoms with Crippen molar-refractivity contribution in [3.05, 3.63) is 29.5 Å². The fourth-order valence-corrected chi connectivity index (χ4v) is 2.87. The van der Waals surface area contributed by atoms with Gasteiger partial charge in [-0.15, -0.1) is 12.4 Å². The molecule has 1 aromatic heterocycles. The Labute approximate surface area is 139 Å². The van der Waals surface area contributed by atoms with Crippen LogP contribution in [0.15, 0.2) is 22.6 Å². The molecule has 1 saturated heterocycles. The Balaban J connectivity index is 0.00000192. The SMILES string of the molecule is COc1cccc2c(C)c(C(=O)N3CCC(C(=O)O)C3)oc12.Cl. The standard InChI is InChI=1S/C16H17NO5.ClH/c1-9-11-4-3-5-12(21-2)14(11)22-13(9)15(18)17-7-6-10(8-17)16(19)20;/h3-5,10H,6-8H2,1-2H3,(H,19,20);1H. The number of likely N-dealkylation sites (tertiary alicyclic amines) is 1. The summed E-state index contributed by atoms with van der Waals surface area (Å²) in [5, 5.41) is 9.87. The number of benzene rings is 1. The van der Waals surface area contributed by atoms with E-state index >= 15 is 0 Å². The molecule has 2 aromatic rings. The number of carbonyl (C=O) groups excluding carboxylic acids is 1. The molecule has 1 amide bonds. The molecule has 0 bridgehead atoms. The van der Waals surface area contributed by atoms with Crippen molar-refractivity contribution in [2.45, 2.75) is 13.3 Å². The minimum Gasteiger partial charge on any atom is -0.493 e. The van der Waals surface area contributed by atoms with Crippen molar-refractivity contribution in [2.24, 2.45) is 5.92 Å². The maximum atomic E-state index is 12.6. The molecule has 1 aliphatic heterocycles. The molecule has 2 heterocycles. The molecule has 0 aliphatic carbocycles. The molecule has 0 radical (unpaired) electrons. The first-order valence-electron chi connectivity index (χ1n) is 7.11. The summed E-state index contributed by atoms with van der Waals surface area (Å²) in [6.07, 6.45) is 0.476. The van der Waals surface area contributed by atoms with Gasteiger partial charge in [-0.1, -0.05) is 12.1 Å². The fraction of sp³-hybridized carbons (Fsp3) is 0.375. The van der Waals surface area contributed by atoms with Crippen LogP contribution in [0.25, 0.3) is 11.0 Å². The number of carbonyl (C=O) groups is 2. The van der Waals surface area contributed by atoms with Gasteiger partial charge in [0.2, 0.25) is 0 Å². The minimum absolute atomic E-state index is 0. The van der Waals surface area contributed by atoms with Crippen LogP contribution in [-0.4, -0.2) is 42.1 Å². The largest absolute Gasteiger partial charge is 0.493 e. The van der Waals surface area contributed by atoms with E-state index in [2.05, 4.69) is 0 Å². The first kappa shape index (κ1) is 17.1. The van der Waals surface area contributed by atoms with E-state index in [1.165, 1.54) is 4.90 Å². The van der Waals surface area contributed by atoms with E-state index in [0.717, 1.165) is 10.9 Å². The molecule has 3 rings (SSSR count). The zero-order valence-electron chi connectivity index (χ0n) is 12.9. The molecule has 1 aromatic carbocycles. The third kappa shape index (κ3) is 2.86. The van der Waals surface area contributed by atoms with Crippen LogP contribution < -0.4 is 4.74 Å². The Morgan fingerprint density at radius 3 is 2.74 bits per heavy atom. The number of hydrogen-bond acceptors (Lipinski definition) is 4. The van der Waals surface area contributed by atoms with Crippen LogP contribution in [0.2, 0.25) is 0 Å². The van der Waals surface area contributed by atoms with Gasteiger partial charge < -0.3 is 19.2 Å². The summed E-state index contributed by atoms with van der Waals surface area (Å²) in [6, 6.07) is 5.49. The number of para-hydroxylation sites is 1. The molecule has 7 heteroatoms. The molecule has 1 atom stereocenters. The number of aryl methyl sites for hydroxylation is 1. The number of aliphatic carboxylic acids is 1. The Hall–Kier alpha value is -2.21. The van der Waals surface area contributed by atoms with Gasteiger partial charge in [0.25, 0.3) is 5.91 Å². The normalized spacial score (nSPS) is 17.1.